The minimum Gasteiger partial charge on any atom is -0.481 e. The van der Waals surface area contributed by atoms with Crippen LogP contribution in [-0.4, -0.2) is 36.3 Å². The summed E-state index contributed by atoms with van der Waals surface area (Å²) in [7, 11) is 0. The number of carboxylic acids is 1. The molecule has 1 unspecified atom stereocenters. The molecule has 0 aliphatic heterocycles. The number of H-pyrrole nitrogens is 1. The Morgan fingerprint density at radius 1 is 1.56 bits per heavy atom. The fourth-order valence-corrected chi connectivity index (χ4v) is 1.57. The van der Waals surface area contributed by atoms with Gasteiger partial charge in [-0.2, -0.15) is 0 Å². The smallest absolute Gasteiger partial charge is 0.305 e. The molecule has 1 atom stereocenters. The highest BCUT2D eigenvalue weighted by Gasteiger charge is 2.17. The molecule has 0 saturated carbocycles. The molecule has 8 heteroatoms. The van der Waals surface area contributed by atoms with Crippen molar-refractivity contribution >= 4 is 5.97 Å². The molecule has 8 nitrogen and oxygen atoms in total. The van der Waals surface area contributed by atoms with E-state index in [-0.39, 0.29) is 18.0 Å². The molecule has 0 aliphatic rings. The Bertz CT molecular complexity index is 597. The van der Waals surface area contributed by atoms with Crippen LogP contribution in [0.25, 0.3) is 11.4 Å². The normalized spacial score (nSPS) is 12.3. The third kappa shape index (κ3) is 2.42. The number of nitrogens with one attached hydrogen (secondary N) is 1. The summed E-state index contributed by atoms with van der Waals surface area (Å²) in [4.78, 5) is 24.1. The van der Waals surface area contributed by atoms with Gasteiger partial charge in [-0.15, -0.1) is 5.10 Å². The number of hydrogen-bond donors (Lipinski definition) is 2. The molecular formula is C10H11N5O3. The first-order valence-electron chi connectivity index (χ1n) is 5.26. The van der Waals surface area contributed by atoms with Crippen molar-refractivity contribution in [2.24, 2.45) is 0 Å². The second-order valence-corrected chi connectivity index (χ2v) is 3.84. The van der Waals surface area contributed by atoms with E-state index in [0.717, 1.165) is 0 Å². The van der Waals surface area contributed by atoms with Crippen LogP contribution in [0.4, 0.5) is 0 Å². The van der Waals surface area contributed by atoms with Crippen LogP contribution in [-0.2, 0) is 4.79 Å². The van der Waals surface area contributed by atoms with E-state index >= 15 is 0 Å². The van der Waals surface area contributed by atoms with E-state index in [4.69, 9.17) is 5.11 Å². The van der Waals surface area contributed by atoms with Crippen LogP contribution < -0.4 is 5.56 Å². The van der Waals surface area contributed by atoms with Crippen molar-refractivity contribution in [1.29, 1.82) is 0 Å². The third-order valence-corrected chi connectivity index (χ3v) is 2.42. The van der Waals surface area contributed by atoms with E-state index in [2.05, 4.69) is 20.5 Å². The average molecular weight is 249 g/mol. The molecule has 18 heavy (non-hydrogen) atoms. The lowest BCUT2D eigenvalue weighted by Gasteiger charge is -2.10. The molecule has 2 aromatic heterocycles. The molecule has 2 rings (SSSR count). The maximum absolute atomic E-state index is 11.0. The SMILES string of the molecule is CC(CC(=O)O)n1nnnc1-c1ccc(=O)[nH]c1. The average Bonchev–Trinajstić information content (AvgIpc) is 2.78. The molecule has 0 bridgehead atoms. The van der Waals surface area contributed by atoms with E-state index in [1.165, 1.54) is 16.9 Å². The molecule has 0 saturated heterocycles. The highest BCUT2D eigenvalue weighted by atomic mass is 16.4. The van der Waals surface area contributed by atoms with Gasteiger partial charge in [0.1, 0.15) is 0 Å². The molecule has 0 radical (unpaired) electrons. The van der Waals surface area contributed by atoms with Gasteiger partial charge in [-0.25, -0.2) is 4.68 Å². The number of rotatable bonds is 4. The second-order valence-electron chi connectivity index (χ2n) is 3.84. The molecule has 0 amide bonds. The molecular weight excluding hydrogens is 238 g/mol. The summed E-state index contributed by atoms with van der Waals surface area (Å²) >= 11 is 0. The molecule has 0 aliphatic carbocycles. The summed E-state index contributed by atoms with van der Waals surface area (Å²) in [5.74, 6) is -0.509. The van der Waals surface area contributed by atoms with Crippen LogP contribution in [0.15, 0.2) is 23.1 Å². The lowest BCUT2D eigenvalue weighted by Crippen LogP contribution is -2.13. The van der Waals surface area contributed by atoms with E-state index < -0.39 is 5.97 Å². The van der Waals surface area contributed by atoms with Crippen LogP contribution in [0.1, 0.15) is 19.4 Å². The number of nitrogens with zero attached hydrogens (tertiary/aromatic N) is 4. The van der Waals surface area contributed by atoms with Crippen LogP contribution in [0.2, 0.25) is 0 Å². The largest absolute Gasteiger partial charge is 0.481 e. The Hall–Kier alpha value is -2.51. The molecule has 2 N–H and O–H groups in total. The number of carbonyl (C=O) groups is 1. The summed E-state index contributed by atoms with van der Waals surface area (Å²) in [6, 6.07) is 2.56. The van der Waals surface area contributed by atoms with Crippen molar-refractivity contribution in [3.63, 3.8) is 0 Å². The van der Waals surface area contributed by atoms with Crippen molar-refractivity contribution in [3.05, 3.63) is 28.7 Å². The Balaban J connectivity index is 2.35. The minimum absolute atomic E-state index is 0.0820. The molecule has 94 valence electrons. The zero-order valence-corrected chi connectivity index (χ0v) is 9.57. The monoisotopic (exact) mass is 249 g/mol. The molecule has 2 heterocycles. The van der Waals surface area contributed by atoms with Gasteiger partial charge in [0.15, 0.2) is 5.82 Å². The third-order valence-electron chi connectivity index (χ3n) is 2.42. The lowest BCUT2D eigenvalue weighted by atomic mass is 10.2. The number of carboxylic acid groups (broad SMARTS) is 1. The minimum atomic E-state index is -0.926. The Morgan fingerprint density at radius 3 is 2.94 bits per heavy atom. The van der Waals surface area contributed by atoms with Crippen molar-refractivity contribution in [1.82, 2.24) is 25.2 Å². The van der Waals surface area contributed by atoms with Crippen LogP contribution >= 0.6 is 0 Å². The zero-order chi connectivity index (χ0) is 13.1. The van der Waals surface area contributed by atoms with E-state index in [9.17, 15) is 9.59 Å². The number of tetrazole rings is 1. The highest BCUT2D eigenvalue weighted by Crippen LogP contribution is 2.18. The summed E-state index contributed by atoms with van der Waals surface area (Å²) in [6.45, 7) is 1.71. The van der Waals surface area contributed by atoms with Crippen LogP contribution in [0.3, 0.4) is 0 Å². The van der Waals surface area contributed by atoms with Crippen molar-refractivity contribution < 1.29 is 9.90 Å². The van der Waals surface area contributed by atoms with Crippen molar-refractivity contribution in [2.45, 2.75) is 19.4 Å². The van der Waals surface area contributed by atoms with Crippen molar-refractivity contribution in [3.8, 4) is 11.4 Å². The maximum atomic E-state index is 11.0. The predicted molar refractivity (Wildman–Crippen MR) is 60.8 cm³/mol. The molecule has 0 aromatic carbocycles. The van der Waals surface area contributed by atoms with Crippen LogP contribution in [0.5, 0.6) is 0 Å². The summed E-state index contributed by atoms with van der Waals surface area (Å²) < 4.78 is 1.42. The van der Waals surface area contributed by atoms with E-state index in [0.29, 0.717) is 11.4 Å². The van der Waals surface area contributed by atoms with Gasteiger partial charge in [-0.3, -0.25) is 9.59 Å². The standard InChI is InChI=1S/C10H11N5O3/c1-6(4-9(17)18)15-10(12-13-14-15)7-2-3-8(16)11-5-7/h2-3,5-6H,4H2,1H3,(H,11,16)(H,17,18). The van der Waals surface area contributed by atoms with Gasteiger partial charge < -0.3 is 10.1 Å². The summed E-state index contributed by atoms with van der Waals surface area (Å²) in [5, 5.41) is 19.9. The molecule has 2 aromatic rings. The fourth-order valence-electron chi connectivity index (χ4n) is 1.57. The summed E-state index contributed by atoms with van der Waals surface area (Å²) in [5.41, 5.74) is 0.396. The van der Waals surface area contributed by atoms with Crippen molar-refractivity contribution in [2.75, 3.05) is 0 Å². The first kappa shape index (κ1) is 12.0. The van der Waals surface area contributed by atoms with Gasteiger partial charge >= 0.3 is 5.97 Å². The number of aromatic amines is 1. The van der Waals surface area contributed by atoms with Gasteiger partial charge in [0, 0.05) is 17.8 Å². The van der Waals surface area contributed by atoms with E-state index in [1.807, 2.05) is 0 Å². The first-order chi connectivity index (χ1) is 8.58. The van der Waals surface area contributed by atoms with Gasteiger partial charge in [0.05, 0.1) is 12.5 Å². The quantitative estimate of drug-likeness (QED) is 0.792. The number of hydrogen-bond acceptors (Lipinski definition) is 5. The zero-order valence-electron chi connectivity index (χ0n) is 9.57. The maximum Gasteiger partial charge on any atom is 0.305 e. The Kier molecular flexibility index (Phi) is 3.18. The second kappa shape index (κ2) is 4.78. The van der Waals surface area contributed by atoms with Gasteiger partial charge in [0.25, 0.3) is 0 Å². The molecule has 0 spiro atoms. The van der Waals surface area contributed by atoms with E-state index in [1.54, 1.807) is 13.0 Å². The van der Waals surface area contributed by atoms with Gasteiger partial charge in [0.2, 0.25) is 5.56 Å². The number of aromatic nitrogens is 5. The fraction of sp³-hybridized carbons (Fsp3) is 0.300. The summed E-state index contributed by atoms with van der Waals surface area (Å²) in [6.07, 6.45) is 1.40. The Morgan fingerprint density at radius 2 is 2.33 bits per heavy atom. The number of aliphatic carboxylic acids is 1. The highest BCUT2D eigenvalue weighted by molar-refractivity contribution is 5.67. The van der Waals surface area contributed by atoms with Crippen LogP contribution in [0, 0.1) is 0 Å². The van der Waals surface area contributed by atoms with Gasteiger partial charge in [-0.05, 0) is 23.4 Å². The van der Waals surface area contributed by atoms with Gasteiger partial charge in [-0.1, -0.05) is 0 Å². The molecule has 0 fully saturated rings. The first-order valence-corrected chi connectivity index (χ1v) is 5.26. The lowest BCUT2D eigenvalue weighted by molar-refractivity contribution is -0.137. The Labute approximate surface area is 101 Å². The predicted octanol–water partition coefficient (Wildman–Crippen LogP) is 0.0641. The number of pyridine rings is 1. The topological polar surface area (TPSA) is 114 Å².